The fourth-order valence-electron chi connectivity index (χ4n) is 4.43. The molecule has 1 saturated carbocycles. The third-order valence-corrected chi connectivity index (χ3v) is 5.74. The number of methoxy groups -OCH3 is 1. The molecule has 1 fully saturated rings. The van der Waals surface area contributed by atoms with Gasteiger partial charge in [0, 0.05) is 11.6 Å². The van der Waals surface area contributed by atoms with Gasteiger partial charge in [-0.2, -0.15) is 5.37 Å². The van der Waals surface area contributed by atoms with Crippen molar-refractivity contribution in [1.29, 1.82) is 0 Å². The van der Waals surface area contributed by atoms with E-state index in [9.17, 15) is 0 Å². The second kappa shape index (κ2) is 5.62. The van der Waals surface area contributed by atoms with Gasteiger partial charge >= 0.3 is 0 Å². The van der Waals surface area contributed by atoms with Crippen LogP contribution in [0.15, 0.2) is 28.0 Å². The predicted molar refractivity (Wildman–Crippen MR) is 92.5 cm³/mol. The third-order valence-electron chi connectivity index (χ3n) is 5.25. The van der Waals surface area contributed by atoms with Crippen molar-refractivity contribution in [2.24, 2.45) is 11.3 Å². The summed E-state index contributed by atoms with van der Waals surface area (Å²) in [7, 11) is 14.0. The summed E-state index contributed by atoms with van der Waals surface area (Å²) < 4.78 is 6.69. The minimum atomic E-state index is 0.0937. The fraction of sp³-hybridized carbons (Fsp3) is 0.529. The van der Waals surface area contributed by atoms with E-state index in [-0.39, 0.29) is 5.41 Å². The quantitative estimate of drug-likeness (QED) is 0.706. The number of benzene rings is 1. The van der Waals surface area contributed by atoms with E-state index in [0.717, 1.165) is 30.2 Å². The normalized spacial score (nSPS) is 31.5. The summed E-state index contributed by atoms with van der Waals surface area (Å²) >= 11 is 3.56. The zero-order valence-corrected chi connectivity index (χ0v) is 14.2. The first-order chi connectivity index (χ1) is 9.97. The lowest BCUT2D eigenvalue weighted by Crippen LogP contribution is -2.37. The van der Waals surface area contributed by atoms with Crippen LogP contribution in [-0.2, 0) is 11.2 Å². The zero-order chi connectivity index (χ0) is 15.2. The molecule has 3 rings (SSSR count). The zero-order valence-electron chi connectivity index (χ0n) is 12.7. The Labute approximate surface area is 138 Å². The molecule has 1 spiro atoms. The Morgan fingerprint density at radius 1 is 1.38 bits per heavy atom. The van der Waals surface area contributed by atoms with Crippen molar-refractivity contribution in [2.45, 2.75) is 38.7 Å². The molecule has 4 radical (unpaired) electrons. The Balaban J connectivity index is 2.04. The van der Waals surface area contributed by atoms with Crippen LogP contribution < -0.4 is 0 Å². The van der Waals surface area contributed by atoms with Gasteiger partial charge in [0.2, 0.25) is 0 Å². The number of ether oxygens (including phenoxy) is 1. The Kier molecular flexibility index (Phi) is 4.13. The number of allylic oxidation sites excluding steroid dienone is 1. The van der Waals surface area contributed by atoms with E-state index in [1.807, 2.05) is 7.11 Å². The van der Waals surface area contributed by atoms with Crippen LogP contribution >= 0.6 is 15.9 Å². The van der Waals surface area contributed by atoms with E-state index >= 15 is 0 Å². The molecule has 1 aromatic carbocycles. The van der Waals surface area contributed by atoms with Crippen molar-refractivity contribution in [3.05, 3.63) is 39.2 Å². The molecule has 0 aromatic heterocycles. The highest BCUT2D eigenvalue weighted by molar-refractivity contribution is 9.10. The maximum Gasteiger partial charge on any atom is 0.0927 e. The number of halogens is 1. The van der Waals surface area contributed by atoms with Crippen LogP contribution in [0.2, 0.25) is 0 Å². The molecule has 1 nitrogen and oxygen atoms in total. The molecule has 2 aliphatic rings. The molecule has 0 amide bonds. The number of rotatable bonds is 1. The van der Waals surface area contributed by atoms with E-state index in [4.69, 9.17) is 20.4 Å². The third kappa shape index (κ3) is 2.55. The molecule has 0 bridgehead atoms. The molecule has 2 aliphatic carbocycles. The van der Waals surface area contributed by atoms with E-state index in [2.05, 4.69) is 41.1 Å². The molecular formula is C17H19B2BrO. The summed E-state index contributed by atoms with van der Waals surface area (Å²) in [5, 5.41) is 0.481. The van der Waals surface area contributed by atoms with Crippen LogP contribution in [0, 0.1) is 11.3 Å². The molecule has 0 N–H and O–H groups in total. The number of hydrogen-bond donors (Lipinski definition) is 0. The van der Waals surface area contributed by atoms with Gasteiger partial charge in [-0.15, -0.1) is 0 Å². The van der Waals surface area contributed by atoms with Crippen LogP contribution in [-0.4, -0.2) is 28.9 Å². The van der Waals surface area contributed by atoms with Crippen LogP contribution in [0.1, 0.15) is 37.3 Å². The minimum absolute atomic E-state index is 0.0937. The number of fused-ring (bicyclic) bond motifs is 1. The number of hydrogen-bond acceptors (Lipinski definition) is 1. The largest absolute Gasteiger partial charge is 0.381 e. The first kappa shape index (κ1) is 15.4. The summed E-state index contributed by atoms with van der Waals surface area (Å²) in [6, 6.07) is 6.46. The van der Waals surface area contributed by atoms with Crippen molar-refractivity contribution in [3.8, 4) is 0 Å². The van der Waals surface area contributed by atoms with Crippen LogP contribution in [0.25, 0.3) is 5.57 Å². The van der Waals surface area contributed by atoms with Gasteiger partial charge in [-0.05, 0) is 60.3 Å². The highest BCUT2D eigenvalue weighted by Gasteiger charge is 2.46. The lowest BCUT2D eigenvalue weighted by molar-refractivity contribution is 0.00266. The molecule has 4 heteroatoms. The second-order valence-electron chi connectivity index (χ2n) is 6.58. The second-order valence-corrected chi connectivity index (χ2v) is 7.50. The van der Waals surface area contributed by atoms with Gasteiger partial charge in [-0.3, -0.25) is 0 Å². The van der Waals surface area contributed by atoms with Gasteiger partial charge in [0.25, 0.3) is 0 Å². The molecule has 0 saturated heterocycles. The first-order valence-corrected chi connectivity index (χ1v) is 8.33. The maximum absolute atomic E-state index is 6.09. The average Bonchev–Trinajstić information content (AvgIpc) is 2.71. The smallest absolute Gasteiger partial charge is 0.0927 e. The molecule has 106 valence electrons. The predicted octanol–water partition coefficient (Wildman–Crippen LogP) is 3.83. The van der Waals surface area contributed by atoms with Gasteiger partial charge in [0.05, 0.1) is 21.8 Å². The van der Waals surface area contributed by atoms with E-state index < -0.39 is 0 Å². The van der Waals surface area contributed by atoms with Crippen LogP contribution in [0.4, 0.5) is 0 Å². The summed E-state index contributed by atoms with van der Waals surface area (Å²) in [5.74, 6) is 0.524. The topological polar surface area (TPSA) is 9.23 Å². The van der Waals surface area contributed by atoms with Crippen LogP contribution in [0.5, 0.6) is 0 Å². The molecule has 0 heterocycles. The SMILES string of the molecule is [B]C([B])=C1c2cc(Br)ccc2C[C@@]12CC[C@H](OC)[C@@H](C)C2. The molecular weight excluding hydrogens is 322 g/mol. The average molecular weight is 341 g/mol. The highest BCUT2D eigenvalue weighted by atomic mass is 79.9. The highest BCUT2D eigenvalue weighted by Crippen LogP contribution is 2.57. The summed E-state index contributed by atoms with van der Waals surface area (Å²) in [6.07, 6.45) is 4.65. The van der Waals surface area contributed by atoms with E-state index in [1.54, 1.807) is 0 Å². The van der Waals surface area contributed by atoms with Gasteiger partial charge < -0.3 is 4.74 Å². The van der Waals surface area contributed by atoms with Crippen molar-refractivity contribution in [2.75, 3.05) is 7.11 Å². The molecule has 3 atom stereocenters. The van der Waals surface area contributed by atoms with Gasteiger partial charge in [-0.25, -0.2) is 0 Å². The first-order valence-electron chi connectivity index (χ1n) is 7.54. The fourth-order valence-corrected chi connectivity index (χ4v) is 4.79. The Bertz CT molecular complexity index is 594. The lowest BCUT2D eigenvalue weighted by Gasteiger charge is -2.43. The van der Waals surface area contributed by atoms with Crippen molar-refractivity contribution < 1.29 is 4.74 Å². The summed E-state index contributed by atoms with van der Waals surface area (Å²) in [5.41, 5.74) is 3.86. The Hall–Kier alpha value is -0.470. The Morgan fingerprint density at radius 3 is 2.76 bits per heavy atom. The van der Waals surface area contributed by atoms with E-state index in [1.165, 1.54) is 16.7 Å². The maximum atomic E-state index is 6.09. The molecule has 0 aliphatic heterocycles. The van der Waals surface area contributed by atoms with Gasteiger partial charge in [0.1, 0.15) is 0 Å². The standard InChI is InChI=1S/C17H19B2BrO/c1-10-8-17(6-5-14(10)21-2)9-11-3-4-12(20)7-13(11)15(17)16(18)19/h3-4,7,10,14H,5-6,8-9H2,1-2H3/t10-,14-,17-/m0/s1. The molecule has 1 aromatic rings. The van der Waals surface area contributed by atoms with Gasteiger partial charge in [0.15, 0.2) is 0 Å². The summed E-state index contributed by atoms with van der Waals surface area (Å²) in [4.78, 5) is 0. The van der Waals surface area contributed by atoms with Crippen LogP contribution in [0.3, 0.4) is 0 Å². The van der Waals surface area contributed by atoms with Gasteiger partial charge in [-0.1, -0.05) is 34.5 Å². The van der Waals surface area contributed by atoms with Crippen molar-refractivity contribution in [3.63, 3.8) is 0 Å². The van der Waals surface area contributed by atoms with Crippen molar-refractivity contribution in [1.82, 2.24) is 0 Å². The van der Waals surface area contributed by atoms with E-state index in [0.29, 0.717) is 17.4 Å². The monoisotopic (exact) mass is 340 g/mol. The van der Waals surface area contributed by atoms with Crippen molar-refractivity contribution >= 4 is 37.2 Å². The summed E-state index contributed by atoms with van der Waals surface area (Å²) in [6.45, 7) is 2.28. The lowest BCUT2D eigenvalue weighted by atomic mass is 9.60. The molecule has 0 unspecified atom stereocenters. The molecule has 21 heavy (non-hydrogen) atoms. The Morgan fingerprint density at radius 2 is 2.14 bits per heavy atom. The minimum Gasteiger partial charge on any atom is -0.381 e.